The summed E-state index contributed by atoms with van der Waals surface area (Å²) in [6.07, 6.45) is 8.14. The van der Waals surface area contributed by atoms with Crippen LogP contribution in [0.25, 0.3) is 11.8 Å². The van der Waals surface area contributed by atoms with Crippen LogP contribution in [0.5, 0.6) is 5.75 Å². The molecule has 254 valence electrons. The van der Waals surface area contributed by atoms with Gasteiger partial charge in [-0.1, -0.05) is 23.7 Å². The average molecular weight is 684 g/mol. The van der Waals surface area contributed by atoms with Gasteiger partial charge in [0.1, 0.15) is 18.1 Å². The van der Waals surface area contributed by atoms with Gasteiger partial charge in [-0.2, -0.15) is 4.68 Å². The van der Waals surface area contributed by atoms with Gasteiger partial charge in [-0.15, -0.1) is 5.10 Å². The minimum atomic E-state index is -1.07. The van der Waals surface area contributed by atoms with Gasteiger partial charge in [0.05, 0.1) is 17.9 Å². The van der Waals surface area contributed by atoms with Crippen molar-refractivity contribution in [2.75, 3.05) is 25.0 Å². The highest BCUT2D eigenvalue weighted by Gasteiger charge is 2.46. The molecule has 4 aromatic rings. The van der Waals surface area contributed by atoms with Crippen molar-refractivity contribution in [1.29, 1.82) is 0 Å². The van der Waals surface area contributed by atoms with Crippen molar-refractivity contribution in [3.8, 4) is 11.4 Å². The van der Waals surface area contributed by atoms with Gasteiger partial charge in [0.25, 0.3) is 5.91 Å². The maximum Gasteiger partial charge on any atom is 0.335 e. The average Bonchev–Trinajstić information content (AvgIpc) is 3.62. The molecule has 0 saturated carbocycles. The lowest BCUT2D eigenvalue weighted by atomic mass is 9.80. The molecule has 2 aliphatic rings. The predicted octanol–water partition coefficient (Wildman–Crippen LogP) is 5.34. The first kappa shape index (κ1) is 33.8. The number of nitrogens with one attached hydrogen (secondary N) is 2. The van der Waals surface area contributed by atoms with Crippen LogP contribution in [0, 0.1) is 5.92 Å². The lowest BCUT2D eigenvalue weighted by Gasteiger charge is -2.47. The van der Waals surface area contributed by atoms with Gasteiger partial charge in [-0.05, 0) is 129 Å². The number of amides is 2. The second-order valence-electron chi connectivity index (χ2n) is 12.9. The predicted molar refractivity (Wildman–Crippen MR) is 185 cm³/mol. The Morgan fingerprint density at radius 1 is 1.10 bits per heavy atom. The number of fused-ring (bicyclic) bond motifs is 1. The highest BCUT2D eigenvalue weighted by Crippen LogP contribution is 2.43. The number of aromatic nitrogens is 4. The molecule has 0 spiro atoms. The van der Waals surface area contributed by atoms with Crippen LogP contribution in [0.15, 0.2) is 73.1 Å². The van der Waals surface area contributed by atoms with E-state index >= 15 is 0 Å². The zero-order valence-corrected chi connectivity index (χ0v) is 28.1. The highest BCUT2D eigenvalue weighted by atomic mass is 35.5. The van der Waals surface area contributed by atoms with E-state index in [2.05, 4.69) is 26.2 Å². The number of halogens is 1. The minimum Gasteiger partial charge on any atom is -0.493 e. The zero-order valence-electron chi connectivity index (χ0n) is 27.3. The van der Waals surface area contributed by atoms with Crippen molar-refractivity contribution >= 4 is 41.1 Å². The molecule has 13 heteroatoms. The standard InChI is InChI=1S/C36H38ClN7O5/c1-36(2)21-29-28(4-3-5-31(29)49-19-16-23-14-17-38-18-15-23)33(34(46)40-27-10-6-24(7-11-27)35(47)48)44(36)32(45)13-8-25-20-26(37)9-12-30(25)43-22-39-41-42-43/h3-13,20,22-23,33,38H,14-19,21H2,1-2H3,(H,40,46)(H,47,48). The minimum absolute atomic E-state index is 0.0948. The van der Waals surface area contributed by atoms with Crippen molar-refractivity contribution < 1.29 is 24.2 Å². The number of carbonyl (C=O) groups is 3. The van der Waals surface area contributed by atoms with E-state index in [9.17, 15) is 19.5 Å². The summed E-state index contributed by atoms with van der Waals surface area (Å²) in [5.74, 6) is -0.598. The molecular formula is C36H38ClN7O5. The lowest BCUT2D eigenvalue weighted by molar-refractivity contribution is -0.142. The summed E-state index contributed by atoms with van der Waals surface area (Å²) in [5.41, 5.74) is 2.45. The molecule has 6 rings (SSSR count). The molecular weight excluding hydrogens is 646 g/mol. The quantitative estimate of drug-likeness (QED) is 0.188. The molecule has 3 N–H and O–H groups in total. The monoisotopic (exact) mass is 683 g/mol. The van der Waals surface area contributed by atoms with Gasteiger partial charge in [0.2, 0.25) is 5.91 Å². The Bertz CT molecular complexity index is 1850. The van der Waals surface area contributed by atoms with E-state index in [1.54, 1.807) is 29.2 Å². The lowest BCUT2D eigenvalue weighted by Crippen LogP contribution is -2.56. The molecule has 2 amide bonds. The number of tetrazole rings is 1. The van der Waals surface area contributed by atoms with Crippen LogP contribution in [0.4, 0.5) is 5.69 Å². The van der Waals surface area contributed by atoms with E-state index in [4.69, 9.17) is 16.3 Å². The first-order chi connectivity index (χ1) is 23.6. The number of carbonyl (C=O) groups excluding carboxylic acids is 2. The van der Waals surface area contributed by atoms with Gasteiger partial charge in [-0.3, -0.25) is 9.59 Å². The van der Waals surface area contributed by atoms with E-state index in [0.29, 0.717) is 52.2 Å². The fraction of sp³-hybridized carbons (Fsp3) is 0.333. The molecule has 1 fully saturated rings. The molecule has 0 bridgehead atoms. The summed E-state index contributed by atoms with van der Waals surface area (Å²) < 4.78 is 7.86. The number of benzene rings is 3. The number of carboxylic acids is 1. The van der Waals surface area contributed by atoms with Crippen molar-refractivity contribution in [3.05, 3.63) is 100 Å². The molecule has 3 aromatic carbocycles. The smallest absolute Gasteiger partial charge is 0.335 e. The number of anilines is 1. The number of nitrogens with zero attached hydrogens (tertiary/aromatic N) is 5. The van der Waals surface area contributed by atoms with Gasteiger partial charge in [-0.25, -0.2) is 4.79 Å². The number of aromatic carboxylic acids is 1. The third-order valence-corrected chi connectivity index (χ3v) is 9.34. The van der Waals surface area contributed by atoms with Gasteiger partial charge in [0.15, 0.2) is 0 Å². The Morgan fingerprint density at radius 3 is 2.59 bits per heavy atom. The summed E-state index contributed by atoms with van der Waals surface area (Å²) in [4.78, 5) is 41.5. The second kappa shape index (κ2) is 14.6. The Kier molecular flexibility index (Phi) is 10.1. The molecule has 0 radical (unpaired) electrons. The zero-order chi connectivity index (χ0) is 34.5. The fourth-order valence-electron chi connectivity index (χ4n) is 6.65. The van der Waals surface area contributed by atoms with Crippen LogP contribution >= 0.6 is 11.6 Å². The largest absolute Gasteiger partial charge is 0.493 e. The van der Waals surface area contributed by atoms with E-state index in [-0.39, 0.29) is 5.56 Å². The van der Waals surface area contributed by atoms with Gasteiger partial charge >= 0.3 is 5.97 Å². The maximum absolute atomic E-state index is 14.3. The first-order valence-electron chi connectivity index (χ1n) is 16.2. The Morgan fingerprint density at radius 2 is 1.88 bits per heavy atom. The Balaban J connectivity index is 1.34. The van der Waals surface area contributed by atoms with E-state index in [1.807, 2.05) is 32.0 Å². The molecule has 3 heterocycles. The van der Waals surface area contributed by atoms with Gasteiger partial charge < -0.3 is 25.4 Å². The van der Waals surface area contributed by atoms with Crippen LogP contribution in [-0.2, 0) is 16.0 Å². The van der Waals surface area contributed by atoms with Crippen LogP contribution in [0.3, 0.4) is 0 Å². The molecule has 12 nitrogen and oxygen atoms in total. The van der Waals surface area contributed by atoms with E-state index in [0.717, 1.165) is 37.9 Å². The summed E-state index contributed by atoms with van der Waals surface area (Å²) in [7, 11) is 0. The number of ether oxygens (including phenoxy) is 1. The van der Waals surface area contributed by atoms with Crippen LogP contribution in [-0.4, -0.2) is 73.2 Å². The summed E-state index contributed by atoms with van der Waals surface area (Å²) in [5, 5.41) is 27.5. The number of carboxylic acid groups (broad SMARTS) is 1. The molecule has 1 aromatic heterocycles. The van der Waals surface area contributed by atoms with Crippen molar-refractivity contribution in [3.63, 3.8) is 0 Å². The molecule has 1 unspecified atom stereocenters. The molecule has 1 atom stereocenters. The molecule has 1 saturated heterocycles. The van der Waals surface area contributed by atoms with Crippen LogP contribution in [0.2, 0.25) is 5.02 Å². The highest BCUT2D eigenvalue weighted by molar-refractivity contribution is 6.30. The SMILES string of the molecule is CC1(C)Cc2c(OCCC3CCNCC3)cccc2C(C(=O)Nc2ccc(C(=O)O)cc2)N1C(=O)C=Cc1cc(Cl)ccc1-n1cnnn1. The first-order valence-corrected chi connectivity index (χ1v) is 16.6. The van der Waals surface area contributed by atoms with Crippen molar-refractivity contribution in [2.45, 2.75) is 51.1 Å². The third kappa shape index (κ3) is 7.65. The third-order valence-electron chi connectivity index (χ3n) is 9.10. The molecule has 49 heavy (non-hydrogen) atoms. The van der Waals surface area contributed by atoms with Crippen LogP contribution in [0.1, 0.15) is 66.2 Å². The summed E-state index contributed by atoms with van der Waals surface area (Å²) in [6.45, 7) is 6.46. The van der Waals surface area contributed by atoms with E-state index < -0.39 is 29.4 Å². The number of hydrogen-bond donors (Lipinski definition) is 3. The fourth-order valence-corrected chi connectivity index (χ4v) is 6.83. The van der Waals surface area contributed by atoms with E-state index in [1.165, 1.54) is 41.4 Å². The molecule has 0 aliphatic carbocycles. The number of piperidine rings is 1. The normalized spacial score (nSPS) is 17.4. The summed E-state index contributed by atoms with van der Waals surface area (Å²) in [6, 6.07) is 15.7. The molecule has 2 aliphatic heterocycles. The topological polar surface area (TPSA) is 152 Å². The number of rotatable bonds is 10. The second-order valence-corrected chi connectivity index (χ2v) is 13.4. The Labute approximate surface area is 289 Å². The summed E-state index contributed by atoms with van der Waals surface area (Å²) >= 11 is 6.32. The van der Waals surface area contributed by atoms with Crippen LogP contribution < -0.4 is 15.4 Å². The van der Waals surface area contributed by atoms with Crippen molar-refractivity contribution in [1.82, 2.24) is 30.4 Å². The number of hydrogen-bond acceptors (Lipinski definition) is 8. The van der Waals surface area contributed by atoms with Crippen molar-refractivity contribution in [2.24, 2.45) is 5.92 Å². The maximum atomic E-state index is 14.3. The Hall–Kier alpha value is -5.07. The van der Waals surface area contributed by atoms with Gasteiger partial charge in [0, 0.05) is 33.5 Å².